The van der Waals surface area contributed by atoms with Crippen LogP contribution in [-0.2, 0) is 6.42 Å². The quantitative estimate of drug-likeness (QED) is 0.333. The molecule has 0 saturated carbocycles. The first-order valence-electron chi connectivity index (χ1n) is 9.62. The molecule has 3 rings (SSSR count). The zero-order valence-electron chi connectivity index (χ0n) is 16.2. The topological polar surface area (TPSA) is 55.5 Å². The van der Waals surface area contributed by atoms with E-state index in [0.717, 1.165) is 55.0 Å². The van der Waals surface area contributed by atoms with Crippen LogP contribution < -0.4 is 10.6 Å². The molecule has 0 amide bonds. The number of nitrogens with one attached hydrogen (secondary N) is 3. The van der Waals surface area contributed by atoms with Crippen molar-refractivity contribution < 1.29 is 4.39 Å². The highest BCUT2D eigenvalue weighted by atomic mass is 127. The highest BCUT2D eigenvalue weighted by Gasteiger charge is 2.16. The molecule has 1 aliphatic heterocycles. The van der Waals surface area contributed by atoms with Crippen molar-refractivity contribution >= 4 is 40.8 Å². The molecule has 1 unspecified atom stereocenters. The number of aromatic amines is 1. The van der Waals surface area contributed by atoms with Crippen molar-refractivity contribution in [2.24, 2.45) is 10.9 Å². The second kappa shape index (κ2) is 10.8. The van der Waals surface area contributed by atoms with Gasteiger partial charge in [0.25, 0.3) is 0 Å². The fourth-order valence-corrected chi connectivity index (χ4v) is 3.66. The number of guanidine groups is 1. The van der Waals surface area contributed by atoms with E-state index in [1.54, 1.807) is 12.1 Å². The maximum Gasteiger partial charge on any atom is 0.191 e. The molecule has 150 valence electrons. The molecule has 1 fully saturated rings. The van der Waals surface area contributed by atoms with Crippen LogP contribution in [0.2, 0.25) is 0 Å². The molecule has 5 nitrogen and oxygen atoms in total. The smallest absolute Gasteiger partial charge is 0.191 e. The number of aromatic nitrogens is 1. The van der Waals surface area contributed by atoms with Crippen LogP contribution in [0.25, 0.3) is 10.9 Å². The largest absolute Gasteiger partial charge is 0.361 e. The summed E-state index contributed by atoms with van der Waals surface area (Å²) in [5.41, 5.74) is 2.10. The van der Waals surface area contributed by atoms with Crippen LogP contribution in [0, 0.1) is 11.7 Å². The number of benzene rings is 1. The van der Waals surface area contributed by atoms with Gasteiger partial charge in [-0.25, -0.2) is 4.39 Å². The van der Waals surface area contributed by atoms with Gasteiger partial charge < -0.3 is 20.5 Å². The van der Waals surface area contributed by atoms with E-state index >= 15 is 0 Å². The molecular weight excluding hydrogens is 456 g/mol. The number of fused-ring (bicyclic) bond motifs is 1. The maximum atomic E-state index is 13.5. The average molecular weight is 487 g/mol. The molecule has 1 aromatic heterocycles. The second-order valence-electron chi connectivity index (χ2n) is 7.17. The molecule has 0 aliphatic carbocycles. The third kappa shape index (κ3) is 6.34. The standard InChI is InChI=1S/C20H30FN5.HI/c1-3-22-20(25-12-15-5-4-10-26(2)14-15)23-9-8-16-13-24-19-7-6-17(21)11-18(16)19;/h6-7,11,13,15,24H,3-5,8-10,12,14H2,1-2H3,(H2,22,23,25);1H. The van der Waals surface area contributed by atoms with E-state index < -0.39 is 0 Å². The van der Waals surface area contributed by atoms with E-state index in [0.29, 0.717) is 5.92 Å². The van der Waals surface area contributed by atoms with E-state index in [1.807, 2.05) is 6.20 Å². The molecule has 0 bridgehead atoms. The first kappa shape index (κ1) is 21.9. The number of aliphatic imine (C=N–C) groups is 1. The first-order valence-corrected chi connectivity index (χ1v) is 9.62. The van der Waals surface area contributed by atoms with Crippen molar-refractivity contribution in [3.63, 3.8) is 0 Å². The predicted molar refractivity (Wildman–Crippen MR) is 122 cm³/mol. The third-order valence-corrected chi connectivity index (χ3v) is 4.99. The Hall–Kier alpha value is -1.35. The molecule has 0 radical (unpaired) electrons. The highest BCUT2D eigenvalue weighted by Crippen LogP contribution is 2.19. The van der Waals surface area contributed by atoms with Crippen molar-refractivity contribution in [3.8, 4) is 0 Å². The molecule has 27 heavy (non-hydrogen) atoms. The summed E-state index contributed by atoms with van der Waals surface area (Å²) >= 11 is 0. The minimum absolute atomic E-state index is 0. The second-order valence-corrected chi connectivity index (χ2v) is 7.17. The van der Waals surface area contributed by atoms with Gasteiger partial charge in [0.1, 0.15) is 5.82 Å². The van der Waals surface area contributed by atoms with E-state index in [4.69, 9.17) is 4.99 Å². The Kier molecular flexibility index (Phi) is 8.82. The summed E-state index contributed by atoms with van der Waals surface area (Å²) in [4.78, 5) is 10.4. The van der Waals surface area contributed by atoms with Gasteiger partial charge in [-0.05, 0) is 69.5 Å². The Morgan fingerprint density at radius 1 is 1.37 bits per heavy atom. The molecule has 3 N–H and O–H groups in total. The maximum absolute atomic E-state index is 13.5. The van der Waals surface area contributed by atoms with Crippen LogP contribution in [0.3, 0.4) is 0 Å². The molecule has 7 heteroatoms. The minimum atomic E-state index is -0.196. The average Bonchev–Trinajstić information content (AvgIpc) is 3.02. The fourth-order valence-electron chi connectivity index (χ4n) is 3.66. The number of likely N-dealkylation sites (tertiary alicyclic amines) is 1. The molecule has 1 aromatic carbocycles. The van der Waals surface area contributed by atoms with Gasteiger partial charge in [-0.15, -0.1) is 24.0 Å². The molecule has 2 heterocycles. The van der Waals surface area contributed by atoms with Crippen LogP contribution >= 0.6 is 24.0 Å². The summed E-state index contributed by atoms with van der Waals surface area (Å²) < 4.78 is 13.5. The van der Waals surface area contributed by atoms with Crippen LogP contribution in [0.5, 0.6) is 0 Å². The van der Waals surface area contributed by atoms with Crippen molar-refractivity contribution in [1.29, 1.82) is 0 Å². The number of nitrogens with zero attached hydrogens (tertiary/aromatic N) is 2. The summed E-state index contributed by atoms with van der Waals surface area (Å²) in [6.45, 7) is 6.87. The predicted octanol–water partition coefficient (Wildman–Crippen LogP) is 3.36. The van der Waals surface area contributed by atoms with Gasteiger partial charge in [0, 0.05) is 43.3 Å². The summed E-state index contributed by atoms with van der Waals surface area (Å²) in [5, 5.41) is 7.68. The summed E-state index contributed by atoms with van der Waals surface area (Å²) in [6.07, 6.45) is 5.31. The summed E-state index contributed by atoms with van der Waals surface area (Å²) in [7, 11) is 2.18. The lowest BCUT2D eigenvalue weighted by Crippen LogP contribution is -2.39. The molecule has 2 aromatic rings. The van der Waals surface area contributed by atoms with Crippen LogP contribution in [0.4, 0.5) is 4.39 Å². The SMILES string of the molecule is CCNC(=NCC1CCCN(C)C1)NCCc1c[nH]c2ccc(F)cc12.I. The van der Waals surface area contributed by atoms with Crippen LogP contribution in [0.15, 0.2) is 29.4 Å². The van der Waals surface area contributed by atoms with E-state index in [2.05, 4.69) is 34.5 Å². The Morgan fingerprint density at radius 2 is 2.22 bits per heavy atom. The first-order chi connectivity index (χ1) is 12.7. The van der Waals surface area contributed by atoms with E-state index in [1.165, 1.54) is 25.5 Å². The Labute approximate surface area is 178 Å². The van der Waals surface area contributed by atoms with Gasteiger partial charge in [-0.1, -0.05) is 0 Å². The number of piperidine rings is 1. The molecule has 0 spiro atoms. The van der Waals surface area contributed by atoms with E-state index in [9.17, 15) is 4.39 Å². The Balaban J connectivity index is 0.00000261. The molecule has 1 saturated heterocycles. The van der Waals surface area contributed by atoms with Crippen LogP contribution in [-0.4, -0.2) is 55.6 Å². The third-order valence-electron chi connectivity index (χ3n) is 4.99. The highest BCUT2D eigenvalue weighted by molar-refractivity contribution is 14.0. The van der Waals surface area contributed by atoms with E-state index in [-0.39, 0.29) is 29.8 Å². The molecule has 1 aliphatic rings. The van der Waals surface area contributed by atoms with Gasteiger partial charge >= 0.3 is 0 Å². The minimum Gasteiger partial charge on any atom is -0.361 e. The van der Waals surface area contributed by atoms with Crippen molar-refractivity contribution in [1.82, 2.24) is 20.5 Å². The van der Waals surface area contributed by atoms with Gasteiger partial charge in [-0.2, -0.15) is 0 Å². The lowest BCUT2D eigenvalue weighted by atomic mass is 9.99. The van der Waals surface area contributed by atoms with Gasteiger partial charge in [0.2, 0.25) is 0 Å². The van der Waals surface area contributed by atoms with Crippen LogP contribution in [0.1, 0.15) is 25.3 Å². The Bertz CT molecular complexity index is 745. The lowest BCUT2D eigenvalue weighted by molar-refractivity contribution is 0.214. The zero-order valence-corrected chi connectivity index (χ0v) is 18.6. The van der Waals surface area contributed by atoms with Gasteiger partial charge in [-0.3, -0.25) is 4.99 Å². The number of hydrogen-bond acceptors (Lipinski definition) is 2. The fraction of sp³-hybridized carbons (Fsp3) is 0.550. The lowest BCUT2D eigenvalue weighted by Gasteiger charge is -2.28. The van der Waals surface area contributed by atoms with Crippen molar-refractivity contribution in [2.45, 2.75) is 26.2 Å². The summed E-state index contributed by atoms with van der Waals surface area (Å²) in [5.74, 6) is 1.31. The Morgan fingerprint density at radius 3 is 3.00 bits per heavy atom. The number of halogens is 2. The summed E-state index contributed by atoms with van der Waals surface area (Å²) in [6, 6.07) is 4.87. The normalized spacial score (nSPS) is 18.3. The number of rotatable bonds is 6. The van der Waals surface area contributed by atoms with Gasteiger partial charge in [0.15, 0.2) is 5.96 Å². The molecule has 1 atom stereocenters. The number of H-pyrrole nitrogens is 1. The van der Waals surface area contributed by atoms with Crippen molar-refractivity contribution in [2.75, 3.05) is 39.8 Å². The monoisotopic (exact) mass is 487 g/mol. The van der Waals surface area contributed by atoms with Crippen molar-refractivity contribution in [3.05, 3.63) is 35.8 Å². The zero-order chi connectivity index (χ0) is 18.4. The van der Waals surface area contributed by atoms with Gasteiger partial charge in [0.05, 0.1) is 0 Å². The number of hydrogen-bond donors (Lipinski definition) is 3. The molecular formula is C20H31FIN5.